The lowest BCUT2D eigenvalue weighted by Gasteiger charge is -2.15. The van der Waals surface area contributed by atoms with Crippen molar-refractivity contribution in [2.75, 3.05) is 6.61 Å². The van der Waals surface area contributed by atoms with E-state index in [1.165, 1.54) is 0 Å². The summed E-state index contributed by atoms with van der Waals surface area (Å²) in [7, 11) is 0. The van der Waals surface area contributed by atoms with E-state index in [0.29, 0.717) is 37.9 Å². The van der Waals surface area contributed by atoms with E-state index in [1.54, 1.807) is 0 Å². The monoisotopic (exact) mass is 268 g/mol. The molecule has 1 aliphatic carbocycles. The Kier molecular flexibility index (Phi) is 2.92. The minimum absolute atomic E-state index is 0.0108. The van der Waals surface area contributed by atoms with E-state index in [2.05, 4.69) is 0 Å². The fourth-order valence-electron chi connectivity index (χ4n) is 3.23. The van der Waals surface area contributed by atoms with Gasteiger partial charge in [-0.15, -0.1) is 0 Å². The van der Waals surface area contributed by atoms with Crippen LogP contribution in [-0.2, 0) is 17.6 Å². The summed E-state index contributed by atoms with van der Waals surface area (Å²) in [6.07, 6.45) is 2.28. The molecule has 0 fully saturated rings. The molecule has 1 aromatic carbocycles. The van der Waals surface area contributed by atoms with Crippen molar-refractivity contribution in [3.8, 4) is 5.75 Å². The Balaban J connectivity index is 2.03. The van der Waals surface area contributed by atoms with E-state index < -0.39 is 17.6 Å². The summed E-state index contributed by atoms with van der Waals surface area (Å²) >= 11 is 0. The number of hydrogen-bond acceptors (Lipinski definition) is 2. The number of carboxylic acid groups (broad SMARTS) is 1. The van der Waals surface area contributed by atoms with E-state index >= 15 is 0 Å². The molecule has 3 rings (SSSR count). The second-order valence-electron chi connectivity index (χ2n) is 5.09. The molecule has 1 heterocycles. The van der Waals surface area contributed by atoms with E-state index in [-0.39, 0.29) is 18.1 Å². The Bertz CT molecular complexity index is 554. The summed E-state index contributed by atoms with van der Waals surface area (Å²) in [6, 6.07) is 0. The topological polar surface area (TPSA) is 46.5 Å². The molecule has 1 aliphatic heterocycles. The van der Waals surface area contributed by atoms with Crippen LogP contribution < -0.4 is 4.74 Å². The number of rotatable bonds is 3. The Morgan fingerprint density at radius 2 is 2.05 bits per heavy atom. The zero-order valence-corrected chi connectivity index (χ0v) is 10.3. The number of ether oxygens (including phenoxy) is 1. The van der Waals surface area contributed by atoms with Gasteiger partial charge < -0.3 is 9.84 Å². The third-order valence-electron chi connectivity index (χ3n) is 4.04. The van der Waals surface area contributed by atoms with Gasteiger partial charge in [-0.3, -0.25) is 4.79 Å². The normalized spacial score (nSPS) is 20.0. The highest BCUT2D eigenvalue weighted by atomic mass is 19.2. The molecule has 0 amide bonds. The zero-order chi connectivity index (χ0) is 13.6. The van der Waals surface area contributed by atoms with Crippen molar-refractivity contribution in [2.45, 2.75) is 38.0 Å². The molecule has 5 heteroatoms. The number of hydrogen-bond donors (Lipinski definition) is 1. The summed E-state index contributed by atoms with van der Waals surface area (Å²) in [5, 5.41) is 8.76. The molecule has 1 unspecified atom stereocenters. The van der Waals surface area contributed by atoms with Gasteiger partial charge in [0.15, 0.2) is 11.6 Å². The fourth-order valence-corrected chi connectivity index (χ4v) is 3.23. The van der Waals surface area contributed by atoms with Crippen molar-refractivity contribution >= 4 is 5.97 Å². The van der Waals surface area contributed by atoms with Crippen molar-refractivity contribution in [1.29, 1.82) is 0 Å². The van der Waals surface area contributed by atoms with Crippen LogP contribution in [0.4, 0.5) is 8.78 Å². The van der Waals surface area contributed by atoms with Crippen LogP contribution in [0.2, 0.25) is 0 Å². The minimum atomic E-state index is -0.884. The Morgan fingerprint density at radius 1 is 1.26 bits per heavy atom. The number of benzene rings is 1. The number of fused-ring (bicyclic) bond motifs is 3. The molecule has 1 atom stereocenters. The highest BCUT2D eigenvalue weighted by Crippen LogP contribution is 2.46. The molecule has 0 radical (unpaired) electrons. The van der Waals surface area contributed by atoms with E-state index in [4.69, 9.17) is 9.84 Å². The quantitative estimate of drug-likeness (QED) is 0.917. The summed E-state index contributed by atoms with van der Waals surface area (Å²) in [4.78, 5) is 10.7. The number of aliphatic carboxylic acids is 1. The van der Waals surface area contributed by atoms with Crippen LogP contribution in [0.3, 0.4) is 0 Å². The van der Waals surface area contributed by atoms with E-state index in [1.807, 2.05) is 0 Å². The summed E-state index contributed by atoms with van der Waals surface area (Å²) in [5.41, 5.74) is 1.99. The van der Waals surface area contributed by atoms with Gasteiger partial charge in [0.05, 0.1) is 6.61 Å². The maximum absolute atomic E-state index is 14.0. The van der Waals surface area contributed by atoms with Gasteiger partial charge in [0.2, 0.25) is 5.82 Å². The molecule has 0 aromatic heterocycles. The molecule has 0 bridgehead atoms. The Labute approximate surface area is 109 Å². The molecule has 102 valence electrons. The SMILES string of the molecule is O=C(O)CCC1CCc2c(F)c(F)c3c(c21)CCO3. The van der Waals surface area contributed by atoms with Gasteiger partial charge in [0, 0.05) is 18.4 Å². The molecule has 2 aliphatic rings. The maximum atomic E-state index is 14.0. The lowest BCUT2D eigenvalue weighted by molar-refractivity contribution is -0.137. The minimum Gasteiger partial charge on any atom is -0.490 e. The molecule has 1 aromatic rings. The summed E-state index contributed by atoms with van der Waals surface area (Å²) in [6.45, 7) is 0.369. The average Bonchev–Trinajstić information content (AvgIpc) is 2.99. The van der Waals surface area contributed by atoms with Crippen LogP contribution in [-0.4, -0.2) is 17.7 Å². The van der Waals surface area contributed by atoms with Crippen LogP contribution in [0, 0.1) is 11.6 Å². The predicted octanol–water partition coefficient (Wildman–Crippen LogP) is 2.79. The van der Waals surface area contributed by atoms with Crippen LogP contribution in [0.25, 0.3) is 0 Å². The average molecular weight is 268 g/mol. The van der Waals surface area contributed by atoms with Crippen molar-refractivity contribution in [2.24, 2.45) is 0 Å². The molecular weight excluding hydrogens is 254 g/mol. The molecule has 3 nitrogen and oxygen atoms in total. The standard InChI is InChI=1S/C14H14F2O3/c15-12-8-3-1-7(2-4-10(17)18)11(8)9-5-6-19-14(9)13(12)16/h7H,1-6H2,(H,17,18). The first-order valence-electron chi connectivity index (χ1n) is 6.46. The zero-order valence-electron chi connectivity index (χ0n) is 10.3. The van der Waals surface area contributed by atoms with Gasteiger partial charge in [0.1, 0.15) is 0 Å². The van der Waals surface area contributed by atoms with Crippen LogP contribution in [0.5, 0.6) is 5.75 Å². The fraction of sp³-hybridized carbons (Fsp3) is 0.500. The third-order valence-corrected chi connectivity index (χ3v) is 4.04. The van der Waals surface area contributed by atoms with Crippen LogP contribution in [0.15, 0.2) is 0 Å². The Morgan fingerprint density at radius 3 is 2.79 bits per heavy atom. The first-order chi connectivity index (χ1) is 9.09. The highest BCUT2D eigenvalue weighted by Gasteiger charge is 2.35. The molecule has 0 spiro atoms. The van der Waals surface area contributed by atoms with Crippen molar-refractivity contribution in [1.82, 2.24) is 0 Å². The van der Waals surface area contributed by atoms with Gasteiger partial charge in [-0.2, -0.15) is 4.39 Å². The smallest absolute Gasteiger partial charge is 0.303 e. The van der Waals surface area contributed by atoms with Gasteiger partial charge in [-0.05, 0) is 36.3 Å². The van der Waals surface area contributed by atoms with Crippen molar-refractivity contribution in [3.63, 3.8) is 0 Å². The van der Waals surface area contributed by atoms with Gasteiger partial charge in [0.25, 0.3) is 0 Å². The Hall–Kier alpha value is -1.65. The van der Waals surface area contributed by atoms with E-state index in [9.17, 15) is 13.6 Å². The van der Waals surface area contributed by atoms with Crippen LogP contribution in [0.1, 0.15) is 41.9 Å². The second-order valence-corrected chi connectivity index (χ2v) is 5.09. The number of halogens is 2. The lowest BCUT2D eigenvalue weighted by Crippen LogP contribution is -2.04. The summed E-state index contributed by atoms with van der Waals surface area (Å²) in [5.74, 6) is -2.50. The lowest BCUT2D eigenvalue weighted by atomic mass is 9.90. The van der Waals surface area contributed by atoms with Crippen molar-refractivity contribution in [3.05, 3.63) is 28.3 Å². The molecular formula is C14H14F2O3. The van der Waals surface area contributed by atoms with Gasteiger partial charge >= 0.3 is 5.97 Å². The molecule has 19 heavy (non-hydrogen) atoms. The second kappa shape index (κ2) is 4.47. The summed E-state index contributed by atoms with van der Waals surface area (Å²) < 4.78 is 32.9. The number of carboxylic acids is 1. The molecule has 1 N–H and O–H groups in total. The van der Waals surface area contributed by atoms with Gasteiger partial charge in [-0.1, -0.05) is 0 Å². The maximum Gasteiger partial charge on any atom is 0.303 e. The first-order valence-corrected chi connectivity index (χ1v) is 6.46. The molecule has 0 saturated carbocycles. The third kappa shape index (κ3) is 1.88. The van der Waals surface area contributed by atoms with Crippen molar-refractivity contribution < 1.29 is 23.4 Å². The van der Waals surface area contributed by atoms with Crippen LogP contribution >= 0.6 is 0 Å². The van der Waals surface area contributed by atoms with E-state index in [0.717, 1.165) is 11.1 Å². The largest absolute Gasteiger partial charge is 0.490 e. The molecule has 0 saturated heterocycles. The van der Waals surface area contributed by atoms with Gasteiger partial charge in [-0.25, -0.2) is 4.39 Å². The highest BCUT2D eigenvalue weighted by molar-refractivity contribution is 5.67. The first kappa shape index (κ1) is 12.4. The predicted molar refractivity (Wildman–Crippen MR) is 63.5 cm³/mol. The number of carbonyl (C=O) groups is 1.